The van der Waals surface area contributed by atoms with Gasteiger partial charge >= 0.3 is 12.1 Å². The van der Waals surface area contributed by atoms with Crippen LogP contribution >= 0.6 is 0 Å². The molecule has 0 radical (unpaired) electrons. The molecule has 0 spiro atoms. The van der Waals surface area contributed by atoms with Crippen molar-refractivity contribution in [1.29, 1.82) is 0 Å². The summed E-state index contributed by atoms with van der Waals surface area (Å²) in [6, 6.07) is 3.37. The van der Waals surface area contributed by atoms with Crippen LogP contribution in [0.1, 0.15) is 77.2 Å². The number of cyclic esters (lactones) is 1. The first-order valence-electron chi connectivity index (χ1n) is 14.4. The van der Waals surface area contributed by atoms with Gasteiger partial charge in [-0.1, -0.05) is 31.2 Å². The molecule has 1 amide bonds. The van der Waals surface area contributed by atoms with E-state index in [4.69, 9.17) is 33.2 Å². The molecule has 0 aliphatic carbocycles. The maximum absolute atomic E-state index is 13.7. The lowest BCUT2D eigenvalue weighted by Gasteiger charge is -2.28. The zero-order valence-electron chi connectivity index (χ0n) is 26.4. The van der Waals surface area contributed by atoms with E-state index in [0.717, 1.165) is 0 Å². The highest BCUT2D eigenvalue weighted by molar-refractivity contribution is 5.99. The number of rotatable bonds is 7. The van der Waals surface area contributed by atoms with Gasteiger partial charge in [0.1, 0.15) is 23.0 Å². The van der Waals surface area contributed by atoms with Crippen LogP contribution in [-0.2, 0) is 28.4 Å². The molecule has 4 atom stereocenters. The fourth-order valence-electron chi connectivity index (χ4n) is 4.75. The molecule has 0 bridgehead atoms. The number of esters is 1. The van der Waals surface area contributed by atoms with Crippen molar-refractivity contribution in [3.8, 4) is 5.75 Å². The second-order valence-electron chi connectivity index (χ2n) is 12.1. The number of amides is 1. The molecule has 1 aromatic rings. The van der Waals surface area contributed by atoms with Gasteiger partial charge in [0.15, 0.2) is 12.6 Å². The third-order valence-electron chi connectivity index (χ3n) is 6.89. The van der Waals surface area contributed by atoms with E-state index >= 15 is 0 Å². The quantitative estimate of drug-likeness (QED) is 0.211. The van der Waals surface area contributed by atoms with E-state index in [2.05, 4.69) is 6.08 Å². The summed E-state index contributed by atoms with van der Waals surface area (Å²) in [6.07, 6.45) is 7.79. The molecule has 3 rings (SSSR count). The molecular formula is C32H47NO9. The zero-order chi connectivity index (χ0) is 31.1. The highest BCUT2D eigenvalue weighted by atomic mass is 16.8. The van der Waals surface area contributed by atoms with Crippen LogP contribution in [0.4, 0.5) is 10.5 Å². The van der Waals surface area contributed by atoms with Crippen LogP contribution in [0, 0.1) is 5.92 Å². The predicted molar refractivity (Wildman–Crippen MR) is 160 cm³/mol. The number of methoxy groups -OCH3 is 2. The van der Waals surface area contributed by atoms with Crippen LogP contribution in [0.5, 0.6) is 5.75 Å². The number of carbonyl (C=O) groups is 2. The van der Waals surface area contributed by atoms with Gasteiger partial charge < -0.3 is 33.2 Å². The number of nitrogens with zero attached hydrogens (tertiary/aromatic N) is 1. The van der Waals surface area contributed by atoms with E-state index < -0.39 is 29.6 Å². The van der Waals surface area contributed by atoms with E-state index in [9.17, 15) is 9.59 Å². The largest absolute Gasteiger partial charge is 0.467 e. The Balaban J connectivity index is 2.15. The van der Waals surface area contributed by atoms with Crippen molar-refractivity contribution in [3.05, 3.63) is 41.5 Å². The SMILES string of the molecule is COCCN(C(=O)OC(C)(C)C)c1cc2c(c(OCOC)c1)C(=O)O[C@@H](C)[C@H](C)/C=C\C[C@H]1OC(C)(C)O[C@H]1C/C=C/2. The fraction of sp³-hybridized carbons (Fsp3) is 0.625. The highest BCUT2D eigenvalue weighted by Gasteiger charge is 2.40. The van der Waals surface area contributed by atoms with Crippen molar-refractivity contribution in [3.63, 3.8) is 0 Å². The minimum absolute atomic E-state index is 0.0519. The van der Waals surface area contributed by atoms with Gasteiger partial charge in [0.25, 0.3) is 0 Å². The standard InChI is InChI=1S/C32H47NO9/c1-21-12-10-14-25-26(41-32(6,7)40-25)15-11-13-23-18-24(33(16-17-36-8)30(35)42-31(3,4)5)19-27(38-20-37-9)28(23)29(34)39-22(21)2/h10-13,18-19,21-22,25-26H,14-17,20H2,1-9H3/b12-10-,13-11+/t21-,22+,25-,26+/m1/s1. The number of ether oxygens (including phenoxy) is 7. The van der Waals surface area contributed by atoms with Gasteiger partial charge in [-0.15, -0.1) is 0 Å². The average Bonchev–Trinajstić information content (AvgIpc) is 3.18. The third kappa shape index (κ3) is 9.29. The number of carbonyl (C=O) groups excluding carboxylic acids is 2. The minimum Gasteiger partial charge on any atom is -0.467 e. The summed E-state index contributed by atoms with van der Waals surface area (Å²) >= 11 is 0. The molecule has 0 unspecified atom stereocenters. The predicted octanol–water partition coefficient (Wildman–Crippen LogP) is 6.12. The summed E-state index contributed by atoms with van der Waals surface area (Å²) in [5.41, 5.74) is 0.485. The molecule has 1 fully saturated rings. The lowest BCUT2D eigenvalue weighted by Crippen LogP contribution is -2.39. The number of fused-ring (bicyclic) bond motifs is 2. The molecule has 2 heterocycles. The van der Waals surface area contributed by atoms with Gasteiger partial charge in [-0.05, 0) is 66.0 Å². The molecular weight excluding hydrogens is 542 g/mol. The van der Waals surface area contributed by atoms with Crippen LogP contribution in [0.2, 0.25) is 0 Å². The molecule has 234 valence electrons. The lowest BCUT2D eigenvalue weighted by atomic mass is 9.99. The van der Waals surface area contributed by atoms with Crippen LogP contribution < -0.4 is 9.64 Å². The topological polar surface area (TPSA) is 102 Å². The first kappa shape index (κ1) is 33.6. The Morgan fingerprint density at radius 1 is 1.05 bits per heavy atom. The molecule has 2 aliphatic rings. The normalized spacial score (nSPS) is 25.8. The maximum Gasteiger partial charge on any atom is 0.414 e. The first-order valence-corrected chi connectivity index (χ1v) is 14.4. The number of benzene rings is 1. The molecule has 0 aromatic heterocycles. The van der Waals surface area contributed by atoms with Crippen molar-refractivity contribution < 1.29 is 42.7 Å². The molecule has 1 saturated heterocycles. The van der Waals surface area contributed by atoms with Gasteiger partial charge in [-0.3, -0.25) is 4.90 Å². The summed E-state index contributed by atoms with van der Waals surface area (Å²) in [5, 5.41) is 0. The van der Waals surface area contributed by atoms with Crippen LogP contribution in [-0.4, -0.2) is 75.9 Å². The summed E-state index contributed by atoms with van der Waals surface area (Å²) in [4.78, 5) is 28.4. The Morgan fingerprint density at radius 2 is 1.71 bits per heavy atom. The van der Waals surface area contributed by atoms with Crippen LogP contribution in [0.15, 0.2) is 30.4 Å². The minimum atomic E-state index is -0.718. The molecule has 0 N–H and O–H groups in total. The molecule has 1 aromatic carbocycles. The van der Waals surface area contributed by atoms with E-state index in [1.807, 2.05) is 45.9 Å². The Bertz CT molecular complexity index is 1140. The number of hydrogen-bond donors (Lipinski definition) is 0. The Morgan fingerprint density at radius 3 is 2.33 bits per heavy atom. The summed E-state index contributed by atoms with van der Waals surface area (Å²) in [7, 11) is 3.05. The van der Waals surface area contributed by atoms with Crippen LogP contribution in [0.25, 0.3) is 6.08 Å². The number of hydrogen-bond acceptors (Lipinski definition) is 9. The van der Waals surface area contributed by atoms with E-state index in [1.54, 1.807) is 40.0 Å². The Kier molecular flexibility index (Phi) is 11.6. The summed E-state index contributed by atoms with van der Waals surface area (Å²) in [6.45, 7) is 13.4. The van der Waals surface area contributed by atoms with E-state index in [0.29, 0.717) is 24.1 Å². The number of anilines is 1. The monoisotopic (exact) mass is 589 g/mol. The van der Waals surface area contributed by atoms with Crippen molar-refractivity contribution in [2.24, 2.45) is 5.92 Å². The van der Waals surface area contributed by atoms with Crippen LogP contribution in [0.3, 0.4) is 0 Å². The second kappa shape index (κ2) is 14.5. The molecule has 2 aliphatic heterocycles. The van der Waals surface area contributed by atoms with E-state index in [-0.39, 0.29) is 49.4 Å². The summed E-state index contributed by atoms with van der Waals surface area (Å²) in [5.74, 6) is -1.09. The van der Waals surface area contributed by atoms with Crippen molar-refractivity contribution in [2.45, 2.75) is 91.0 Å². The van der Waals surface area contributed by atoms with Gasteiger partial charge in [0.2, 0.25) is 0 Å². The average molecular weight is 590 g/mol. The summed E-state index contributed by atoms with van der Waals surface area (Å²) < 4.78 is 40.3. The smallest absolute Gasteiger partial charge is 0.414 e. The first-order chi connectivity index (χ1) is 19.7. The fourth-order valence-corrected chi connectivity index (χ4v) is 4.75. The Labute approximate surface area is 249 Å². The maximum atomic E-state index is 13.7. The van der Waals surface area contributed by atoms with Crippen molar-refractivity contribution >= 4 is 23.8 Å². The van der Waals surface area contributed by atoms with Gasteiger partial charge in [0, 0.05) is 26.2 Å². The van der Waals surface area contributed by atoms with Crippen molar-refractivity contribution in [2.75, 3.05) is 39.1 Å². The highest BCUT2D eigenvalue weighted by Crippen LogP contribution is 2.35. The second-order valence-corrected chi connectivity index (χ2v) is 12.1. The third-order valence-corrected chi connectivity index (χ3v) is 6.89. The lowest BCUT2D eigenvalue weighted by molar-refractivity contribution is -0.145. The molecule has 0 saturated carbocycles. The van der Waals surface area contributed by atoms with Gasteiger partial charge in [0.05, 0.1) is 31.0 Å². The van der Waals surface area contributed by atoms with E-state index in [1.165, 1.54) is 12.0 Å². The molecule has 10 nitrogen and oxygen atoms in total. The molecule has 10 heteroatoms. The van der Waals surface area contributed by atoms with Gasteiger partial charge in [-0.25, -0.2) is 9.59 Å². The van der Waals surface area contributed by atoms with Crippen molar-refractivity contribution in [1.82, 2.24) is 0 Å². The zero-order valence-corrected chi connectivity index (χ0v) is 26.4. The van der Waals surface area contributed by atoms with Gasteiger partial charge in [-0.2, -0.15) is 0 Å². The Hall–Kier alpha value is -2.92. The molecule has 42 heavy (non-hydrogen) atoms.